The third-order valence-corrected chi connectivity index (χ3v) is 3.43. The minimum Gasteiger partial charge on any atom is -0.313 e. The molecule has 0 aliphatic heterocycles. The van der Waals surface area contributed by atoms with Crippen LogP contribution in [0.2, 0.25) is 0 Å². The van der Waals surface area contributed by atoms with Crippen LogP contribution >= 0.6 is 0 Å². The van der Waals surface area contributed by atoms with Gasteiger partial charge in [0, 0.05) is 38.1 Å². The average Bonchev–Trinajstić information content (AvgIpc) is 2.40. The fourth-order valence-electron chi connectivity index (χ4n) is 2.18. The van der Waals surface area contributed by atoms with Gasteiger partial charge in [-0.1, -0.05) is 26.2 Å². The van der Waals surface area contributed by atoms with Gasteiger partial charge < -0.3 is 10.2 Å². The highest BCUT2D eigenvalue weighted by Crippen LogP contribution is 2.03. The molecule has 0 radical (unpaired) electrons. The van der Waals surface area contributed by atoms with Crippen molar-refractivity contribution in [3.05, 3.63) is 30.1 Å². The Kier molecular flexibility index (Phi) is 8.43. The second-order valence-electron chi connectivity index (χ2n) is 5.44. The lowest BCUT2D eigenvalue weighted by molar-refractivity contribution is 0.315. The van der Waals surface area contributed by atoms with Crippen LogP contribution in [0, 0.1) is 0 Å². The van der Waals surface area contributed by atoms with E-state index in [-0.39, 0.29) is 0 Å². The summed E-state index contributed by atoms with van der Waals surface area (Å²) in [6, 6.07) is 4.80. The third kappa shape index (κ3) is 7.96. The molecule has 1 aromatic heterocycles. The highest BCUT2D eigenvalue weighted by molar-refractivity contribution is 5.09. The van der Waals surface area contributed by atoms with Crippen LogP contribution in [-0.2, 0) is 6.54 Å². The summed E-state index contributed by atoms with van der Waals surface area (Å²) in [4.78, 5) is 6.39. The predicted molar refractivity (Wildman–Crippen MR) is 82.2 cm³/mol. The molecule has 0 fully saturated rings. The number of pyridine rings is 1. The first-order chi connectivity index (χ1) is 9.22. The number of hydrogen-bond acceptors (Lipinski definition) is 3. The van der Waals surface area contributed by atoms with Crippen molar-refractivity contribution in [2.75, 3.05) is 20.1 Å². The number of nitrogens with one attached hydrogen (secondary N) is 1. The first-order valence-electron chi connectivity index (χ1n) is 7.53. The Balaban J connectivity index is 2.08. The summed E-state index contributed by atoms with van der Waals surface area (Å²) in [6.07, 6.45) is 9.02. The van der Waals surface area contributed by atoms with Gasteiger partial charge in [0.2, 0.25) is 0 Å². The van der Waals surface area contributed by atoms with Gasteiger partial charge in [-0.15, -0.1) is 0 Å². The molecule has 0 spiro atoms. The summed E-state index contributed by atoms with van der Waals surface area (Å²) in [5.41, 5.74) is 1.33. The van der Waals surface area contributed by atoms with Crippen molar-refractivity contribution >= 4 is 0 Å². The lowest BCUT2D eigenvalue weighted by atomic mass is 10.1. The summed E-state index contributed by atoms with van der Waals surface area (Å²) in [5.74, 6) is 0. The Bertz CT molecular complexity index is 313. The first-order valence-corrected chi connectivity index (χ1v) is 7.53. The van der Waals surface area contributed by atoms with Crippen molar-refractivity contribution in [2.24, 2.45) is 0 Å². The number of aromatic nitrogens is 1. The van der Waals surface area contributed by atoms with Crippen molar-refractivity contribution in [1.29, 1.82) is 0 Å². The molecule has 0 aliphatic carbocycles. The van der Waals surface area contributed by atoms with Crippen molar-refractivity contribution < 1.29 is 0 Å². The van der Waals surface area contributed by atoms with Gasteiger partial charge in [0.1, 0.15) is 0 Å². The minimum atomic E-state index is 0.640. The molecule has 0 aliphatic rings. The van der Waals surface area contributed by atoms with Crippen LogP contribution in [0.3, 0.4) is 0 Å². The Morgan fingerprint density at radius 3 is 2.68 bits per heavy atom. The summed E-state index contributed by atoms with van der Waals surface area (Å²) in [6.45, 7) is 7.69. The van der Waals surface area contributed by atoms with E-state index < -0.39 is 0 Å². The zero-order valence-electron chi connectivity index (χ0n) is 12.7. The van der Waals surface area contributed by atoms with Crippen LogP contribution in [0.15, 0.2) is 24.5 Å². The molecule has 1 unspecified atom stereocenters. The first kappa shape index (κ1) is 16.1. The number of rotatable bonds is 10. The molecule has 1 rings (SSSR count). The molecule has 1 N–H and O–H groups in total. The molecule has 3 heteroatoms. The SMILES string of the molecule is CCCCCC(C)NCCN(C)Cc1ccncc1. The number of nitrogens with zero attached hydrogens (tertiary/aromatic N) is 2. The largest absolute Gasteiger partial charge is 0.313 e. The molecule has 1 atom stereocenters. The van der Waals surface area contributed by atoms with Crippen LogP contribution in [0.5, 0.6) is 0 Å². The maximum atomic E-state index is 4.04. The standard InChI is InChI=1S/C16H29N3/c1-4-5-6-7-15(2)18-12-13-19(3)14-16-8-10-17-11-9-16/h8-11,15,18H,4-7,12-14H2,1-3H3. The number of unbranched alkanes of at least 4 members (excludes halogenated alkanes) is 2. The second-order valence-corrected chi connectivity index (χ2v) is 5.44. The summed E-state index contributed by atoms with van der Waals surface area (Å²) in [5, 5.41) is 3.60. The molecule has 108 valence electrons. The van der Waals surface area contributed by atoms with E-state index in [1.165, 1.54) is 31.2 Å². The number of hydrogen-bond donors (Lipinski definition) is 1. The Hall–Kier alpha value is -0.930. The molecule has 1 aromatic rings. The lowest BCUT2D eigenvalue weighted by Gasteiger charge is -2.19. The maximum absolute atomic E-state index is 4.04. The second kappa shape index (κ2) is 9.93. The van der Waals surface area contributed by atoms with E-state index in [0.717, 1.165) is 19.6 Å². The molecule has 0 saturated heterocycles. The van der Waals surface area contributed by atoms with Gasteiger partial charge in [-0.2, -0.15) is 0 Å². The van der Waals surface area contributed by atoms with Crippen LogP contribution in [-0.4, -0.2) is 36.1 Å². The zero-order chi connectivity index (χ0) is 13.9. The Morgan fingerprint density at radius 1 is 1.26 bits per heavy atom. The van der Waals surface area contributed by atoms with Gasteiger partial charge >= 0.3 is 0 Å². The molecule has 3 nitrogen and oxygen atoms in total. The van der Waals surface area contributed by atoms with Crippen LogP contribution < -0.4 is 5.32 Å². The average molecular weight is 263 g/mol. The van der Waals surface area contributed by atoms with E-state index in [1.54, 1.807) is 0 Å². The van der Waals surface area contributed by atoms with Gasteiger partial charge in [-0.05, 0) is 38.1 Å². The van der Waals surface area contributed by atoms with Crippen molar-refractivity contribution in [2.45, 2.75) is 52.1 Å². The van der Waals surface area contributed by atoms with Crippen molar-refractivity contribution in [3.8, 4) is 0 Å². The summed E-state index contributed by atoms with van der Waals surface area (Å²) in [7, 11) is 2.17. The molecule has 1 heterocycles. The van der Waals surface area contributed by atoms with E-state index >= 15 is 0 Å². The molecular formula is C16H29N3. The highest BCUT2D eigenvalue weighted by atomic mass is 15.1. The normalized spacial score (nSPS) is 12.8. The molecule has 0 amide bonds. The molecule has 0 saturated carbocycles. The maximum Gasteiger partial charge on any atom is 0.0271 e. The Labute approximate surface area is 118 Å². The third-order valence-electron chi connectivity index (χ3n) is 3.43. The smallest absolute Gasteiger partial charge is 0.0271 e. The van der Waals surface area contributed by atoms with E-state index in [9.17, 15) is 0 Å². The van der Waals surface area contributed by atoms with Gasteiger partial charge in [-0.25, -0.2) is 0 Å². The van der Waals surface area contributed by atoms with Crippen molar-refractivity contribution in [3.63, 3.8) is 0 Å². The molecule has 19 heavy (non-hydrogen) atoms. The molecule has 0 aromatic carbocycles. The van der Waals surface area contributed by atoms with Crippen LogP contribution in [0.25, 0.3) is 0 Å². The van der Waals surface area contributed by atoms with Gasteiger partial charge in [0.05, 0.1) is 0 Å². The molecule has 0 bridgehead atoms. The fraction of sp³-hybridized carbons (Fsp3) is 0.688. The van der Waals surface area contributed by atoms with E-state index in [0.29, 0.717) is 6.04 Å². The Morgan fingerprint density at radius 2 is 2.00 bits per heavy atom. The van der Waals surface area contributed by atoms with Crippen molar-refractivity contribution in [1.82, 2.24) is 15.2 Å². The highest BCUT2D eigenvalue weighted by Gasteiger charge is 2.03. The van der Waals surface area contributed by atoms with E-state index in [2.05, 4.69) is 48.2 Å². The van der Waals surface area contributed by atoms with Gasteiger partial charge in [-0.3, -0.25) is 4.98 Å². The lowest BCUT2D eigenvalue weighted by Crippen LogP contribution is -2.34. The van der Waals surface area contributed by atoms with E-state index in [4.69, 9.17) is 0 Å². The van der Waals surface area contributed by atoms with Gasteiger partial charge in [0.25, 0.3) is 0 Å². The van der Waals surface area contributed by atoms with E-state index in [1.807, 2.05) is 12.4 Å². The predicted octanol–water partition coefficient (Wildman–Crippen LogP) is 3.07. The van der Waals surface area contributed by atoms with Crippen LogP contribution in [0.4, 0.5) is 0 Å². The minimum absolute atomic E-state index is 0.640. The quantitative estimate of drug-likeness (QED) is 0.658. The van der Waals surface area contributed by atoms with Crippen LogP contribution in [0.1, 0.15) is 45.1 Å². The molecular weight excluding hydrogens is 234 g/mol. The number of likely N-dealkylation sites (N-methyl/N-ethyl adjacent to an activating group) is 1. The summed E-state index contributed by atoms with van der Waals surface area (Å²) >= 11 is 0. The van der Waals surface area contributed by atoms with Gasteiger partial charge in [0.15, 0.2) is 0 Å². The fourth-order valence-corrected chi connectivity index (χ4v) is 2.18. The topological polar surface area (TPSA) is 28.2 Å². The zero-order valence-corrected chi connectivity index (χ0v) is 12.7. The monoisotopic (exact) mass is 263 g/mol. The summed E-state index contributed by atoms with van der Waals surface area (Å²) < 4.78 is 0.